The molecule has 0 bridgehead atoms. The van der Waals surface area contributed by atoms with Gasteiger partial charge in [-0.15, -0.1) is 0 Å². The highest BCUT2D eigenvalue weighted by atomic mass is 16.5. The van der Waals surface area contributed by atoms with E-state index in [1.807, 2.05) is 4.90 Å². The van der Waals surface area contributed by atoms with Gasteiger partial charge in [0, 0.05) is 31.4 Å². The van der Waals surface area contributed by atoms with Crippen LogP contribution in [0, 0.1) is 5.92 Å². The molecule has 2 aliphatic rings. The monoisotopic (exact) mass is 333 g/mol. The number of carboxylic acid groups (broad SMARTS) is 1. The van der Waals surface area contributed by atoms with Crippen molar-refractivity contribution in [2.45, 2.75) is 31.7 Å². The average molecular weight is 333 g/mol. The Hall–Kier alpha value is -2.08. The van der Waals surface area contributed by atoms with Gasteiger partial charge in [0.25, 0.3) is 5.91 Å². The van der Waals surface area contributed by atoms with Crippen molar-refractivity contribution in [3.63, 3.8) is 0 Å². The number of hydrogen-bond acceptors (Lipinski definition) is 4. The van der Waals surface area contributed by atoms with Gasteiger partial charge in [-0.1, -0.05) is 6.07 Å². The molecule has 0 aliphatic carbocycles. The molecule has 0 radical (unpaired) electrons. The van der Waals surface area contributed by atoms with Crippen LogP contribution in [0.5, 0.6) is 5.75 Å². The fraction of sp³-hybridized carbons (Fsp3) is 0.556. The van der Waals surface area contributed by atoms with E-state index in [1.165, 1.54) is 0 Å². The second kappa shape index (κ2) is 7.66. The molecule has 1 amide bonds. The molecule has 2 heterocycles. The maximum absolute atomic E-state index is 12.9. The summed E-state index contributed by atoms with van der Waals surface area (Å²) in [4.78, 5) is 25.5. The predicted octanol–water partition coefficient (Wildman–Crippen LogP) is 2.18. The van der Waals surface area contributed by atoms with Crippen molar-refractivity contribution < 1.29 is 24.2 Å². The van der Waals surface area contributed by atoms with Crippen LogP contribution in [0.2, 0.25) is 0 Å². The van der Waals surface area contributed by atoms with Crippen molar-refractivity contribution in [3.05, 3.63) is 29.8 Å². The molecule has 1 atom stereocenters. The normalized spacial score (nSPS) is 21.7. The van der Waals surface area contributed by atoms with E-state index < -0.39 is 12.6 Å². The third-order valence-electron chi connectivity index (χ3n) is 4.81. The molecular formula is C18H23NO5. The highest BCUT2D eigenvalue weighted by Gasteiger charge is 2.35. The number of amides is 1. The summed E-state index contributed by atoms with van der Waals surface area (Å²) in [5.41, 5.74) is 0.553. The summed E-state index contributed by atoms with van der Waals surface area (Å²) in [5, 5.41) is 8.69. The number of likely N-dealkylation sites (tertiary alicyclic amines) is 1. The molecule has 1 aromatic rings. The average Bonchev–Trinajstić information content (AvgIpc) is 3.10. The number of carboxylic acids is 1. The number of ether oxygens (including phenoxy) is 2. The lowest BCUT2D eigenvalue weighted by molar-refractivity contribution is -0.139. The van der Waals surface area contributed by atoms with Crippen LogP contribution in [-0.2, 0) is 9.53 Å². The first-order valence-electron chi connectivity index (χ1n) is 8.48. The van der Waals surface area contributed by atoms with Gasteiger partial charge in [-0.05, 0) is 49.8 Å². The number of rotatable bonds is 5. The molecule has 6 heteroatoms. The van der Waals surface area contributed by atoms with Gasteiger partial charge < -0.3 is 19.5 Å². The molecule has 2 fully saturated rings. The highest BCUT2D eigenvalue weighted by molar-refractivity contribution is 5.95. The number of nitrogens with zero attached hydrogens (tertiary/aromatic N) is 1. The first-order chi connectivity index (χ1) is 11.6. The minimum atomic E-state index is -1.04. The first-order valence-corrected chi connectivity index (χ1v) is 8.48. The lowest BCUT2D eigenvalue weighted by atomic mass is 9.90. The Morgan fingerprint density at radius 2 is 2.04 bits per heavy atom. The number of carbonyl (C=O) groups excluding carboxylic acids is 1. The molecule has 0 unspecified atom stereocenters. The number of carbonyl (C=O) groups is 2. The molecule has 6 nitrogen and oxygen atoms in total. The van der Waals surface area contributed by atoms with Gasteiger partial charge in [0.2, 0.25) is 0 Å². The molecule has 0 spiro atoms. The van der Waals surface area contributed by atoms with Gasteiger partial charge >= 0.3 is 5.97 Å². The standard InChI is InChI=1S/C18H23NO5/c20-17(21)12-24-15-4-1-3-14(11-15)18(22)19-8-2-5-16(19)13-6-9-23-10-7-13/h1,3-4,11,13,16H,2,5-10,12H2,(H,20,21)/t16-/m1/s1. The van der Waals surface area contributed by atoms with Crippen molar-refractivity contribution in [1.82, 2.24) is 4.90 Å². The zero-order valence-corrected chi connectivity index (χ0v) is 13.6. The summed E-state index contributed by atoms with van der Waals surface area (Å²) in [5.74, 6) is -0.114. The Bertz CT molecular complexity index is 597. The van der Waals surface area contributed by atoms with Crippen molar-refractivity contribution in [2.75, 3.05) is 26.4 Å². The van der Waals surface area contributed by atoms with Gasteiger partial charge in [0.1, 0.15) is 5.75 Å². The van der Waals surface area contributed by atoms with Crippen LogP contribution in [0.3, 0.4) is 0 Å². The van der Waals surface area contributed by atoms with Crippen LogP contribution in [0.4, 0.5) is 0 Å². The highest BCUT2D eigenvalue weighted by Crippen LogP contribution is 2.31. The predicted molar refractivity (Wildman–Crippen MR) is 87.2 cm³/mol. The SMILES string of the molecule is O=C(O)COc1cccc(C(=O)N2CCC[C@@H]2C2CCOCC2)c1. The first kappa shape index (κ1) is 16.8. The third-order valence-corrected chi connectivity index (χ3v) is 4.81. The Balaban J connectivity index is 1.70. The van der Waals surface area contributed by atoms with E-state index in [0.717, 1.165) is 45.4 Å². The Labute approximate surface area is 141 Å². The smallest absolute Gasteiger partial charge is 0.341 e. The van der Waals surface area contributed by atoms with Crippen LogP contribution < -0.4 is 4.74 Å². The molecule has 2 saturated heterocycles. The molecule has 0 aromatic heterocycles. The van der Waals surface area contributed by atoms with Crippen LogP contribution >= 0.6 is 0 Å². The largest absolute Gasteiger partial charge is 0.482 e. The van der Waals surface area contributed by atoms with E-state index in [2.05, 4.69) is 0 Å². The molecule has 24 heavy (non-hydrogen) atoms. The van der Waals surface area contributed by atoms with E-state index in [0.29, 0.717) is 17.2 Å². The zero-order chi connectivity index (χ0) is 16.9. The van der Waals surface area contributed by atoms with Gasteiger partial charge in [0.15, 0.2) is 6.61 Å². The molecule has 130 valence electrons. The fourth-order valence-electron chi connectivity index (χ4n) is 3.67. The summed E-state index contributed by atoms with van der Waals surface area (Å²) in [6.07, 6.45) is 4.10. The van der Waals surface area contributed by atoms with Crippen LogP contribution in [0.15, 0.2) is 24.3 Å². The van der Waals surface area contributed by atoms with Crippen molar-refractivity contribution in [2.24, 2.45) is 5.92 Å². The molecule has 0 saturated carbocycles. The lowest BCUT2D eigenvalue weighted by Gasteiger charge is -2.34. The second-order valence-electron chi connectivity index (χ2n) is 6.37. The summed E-state index contributed by atoms with van der Waals surface area (Å²) < 4.78 is 10.6. The molecule has 3 rings (SSSR count). The zero-order valence-electron chi connectivity index (χ0n) is 13.6. The van der Waals surface area contributed by atoms with Crippen molar-refractivity contribution in [3.8, 4) is 5.75 Å². The maximum Gasteiger partial charge on any atom is 0.341 e. The van der Waals surface area contributed by atoms with E-state index in [4.69, 9.17) is 14.6 Å². The topological polar surface area (TPSA) is 76.1 Å². The minimum absolute atomic E-state index is 0.00441. The number of aliphatic carboxylic acids is 1. The van der Waals surface area contributed by atoms with Crippen molar-refractivity contribution in [1.29, 1.82) is 0 Å². The van der Waals surface area contributed by atoms with Gasteiger partial charge in [-0.25, -0.2) is 4.79 Å². The Kier molecular flexibility index (Phi) is 5.35. The van der Waals surface area contributed by atoms with Crippen LogP contribution in [0.25, 0.3) is 0 Å². The van der Waals surface area contributed by atoms with Gasteiger partial charge in [-0.3, -0.25) is 4.79 Å². The van der Waals surface area contributed by atoms with Crippen LogP contribution in [-0.4, -0.2) is 54.3 Å². The lowest BCUT2D eigenvalue weighted by Crippen LogP contribution is -2.41. The quantitative estimate of drug-likeness (QED) is 0.894. The van der Waals surface area contributed by atoms with Gasteiger partial charge in [0.05, 0.1) is 0 Å². The Morgan fingerprint density at radius 1 is 1.25 bits per heavy atom. The summed E-state index contributed by atoms with van der Waals surface area (Å²) >= 11 is 0. The third kappa shape index (κ3) is 3.87. The van der Waals surface area contributed by atoms with E-state index >= 15 is 0 Å². The minimum Gasteiger partial charge on any atom is -0.482 e. The van der Waals surface area contributed by atoms with E-state index in [-0.39, 0.29) is 11.9 Å². The number of benzene rings is 1. The second-order valence-corrected chi connectivity index (χ2v) is 6.37. The number of hydrogen-bond donors (Lipinski definition) is 1. The maximum atomic E-state index is 12.9. The van der Waals surface area contributed by atoms with Gasteiger partial charge in [-0.2, -0.15) is 0 Å². The van der Waals surface area contributed by atoms with E-state index in [9.17, 15) is 9.59 Å². The van der Waals surface area contributed by atoms with Crippen LogP contribution in [0.1, 0.15) is 36.0 Å². The summed E-state index contributed by atoms with van der Waals surface area (Å²) in [6, 6.07) is 7.06. The molecule has 2 aliphatic heterocycles. The molecule has 1 aromatic carbocycles. The molecular weight excluding hydrogens is 310 g/mol. The van der Waals surface area contributed by atoms with E-state index in [1.54, 1.807) is 24.3 Å². The van der Waals surface area contributed by atoms with Crippen molar-refractivity contribution >= 4 is 11.9 Å². The summed E-state index contributed by atoms with van der Waals surface area (Å²) in [7, 11) is 0. The molecule has 1 N–H and O–H groups in total. The Morgan fingerprint density at radius 3 is 2.79 bits per heavy atom. The fourth-order valence-corrected chi connectivity index (χ4v) is 3.67. The summed E-state index contributed by atoms with van der Waals surface area (Å²) in [6.45, 7) is 1.93.